The van der Waals surface area contributed by atoms with Crippen LogP contribution in [0.3, 0.4) is 0 Å². The molecule has 0 saturated heterocycles. The summed E-state index contributed by atoms with van der Waals surface area (Å²) < 4.78 is 14.7. The molecular formula is C19H26ClFN4O. The van der Waals surface area contributed by atoms with Gasteiger partial charge in [0, 0.05) is 12.6 Å². The second-order valence-electron chi connectivity index (χ2n) is 6.75. The third kappa shape index (κ3) is 4.43. The van der Waals surface area contributed by atoms with Crippen LogP contribution < -0.4 is 11.1 Å². The molecule has 1 saturated carbocycles. The number of nitrogens with zero attached hydrogens (tertiary/aromatic N) is 2. The molecule has 0 radical (unpaired) electrons. The summed E-state index contributed by atoms with van der Waals surface area (Å²) in [5.41, 5.74) is 7.88. The summed E-state index contributed by atoms with van der Waals surface area (Å²) in [7, 11) is 0. The first-order valence-electron chi connectivity index (χ1n) is 8.91. The number of carbonyl (C=O) groups is 1. The molecule has 1 fully saturated rings. The summed E-state index contributed by atoms with van der Waals surface area (Å²) in [6.07, 6.45) is 7.48. The number of aromatic nitrogens is 2. The van der Waals surface area contributed by atoms with Gasteiger partial charge in [0.2, 0.25) is 0 Å². The van der Waals surface area contributed by atoms with Gasteiger partial charge in [-0.1, -0.05) is 19.3 Å². The Morgan fingerprint density at radius 3 is 2.58 bits per heavy atom. The summed E-state index contributed by atoms with van der Waals surface area (Å²) in [4.78, 5) is 12.7. The fourth-order valence-corrected chi connectivity index (χ4v) is 3.63. The molecule has 0 spiro atoms. The van der Waals surface area contributed by atoms with E-state index in [0.29, 0.717) is 18.0 Å². The molecule has 0 aliphatic heterocycles. The lowest BCUT2D eigenvalue weighted by atomic mass is 9.84. The average Bonchev–Trinajstić information content (AvgIpc) is 3.02. The van der Waals surface area contributed by atoms with E-state index < -0.39 is 0 Å². The quantitative estimate of drug-likeness (QED) is 0.835. The first kappa shape index (κ1) is 20.4. The van der Waals surface area contributed by atoms with Gasteiger partial charge in [-0.25, -0.2) is 9.07 Å². The van der Waals surface area contributed by atoms with Crippen LogP contribution >= 0.6 is 12.4 Å². The van der Waals surface area contributed by atoms with Crippen LogP contribution in [0.4, 0.5) is 4.39 Å². The zero-order chi connectivity index (χ0) is 17.8. The van der Waals surface area contributed by atoms with Gasteiger partial charge >= 0.3 is 0 Å². The highest BCUT2D eigenvalue weighted by Gasteiger charge is 2.25. The number of amides is 1. The second-order valence-corrected chi connectivity index (χ2v) is 6.75. The summed E-state index contributed by atoms with van der Waals surface area (Å²) in [5.74, 6) is 0.00632. The van der Waals surface area contributed by atoms with Crippen molar-refractivity contribution in [3.63, 3.8) is 0 Å². The maximum atomic E-state index is 13.1. The number of nitrogens with one attached hydrogen (secondary N) is 1. The summed E-state index contributed by atoms with van der Waals surface area (Å²) >= 11 is 0. The predicted octanol–water partition coefficient (Wildman–Crippen LogP) is 3.38. The van der Waals surface area contributed by atoms with Gasteiger partial charge in [0.05, 0.1) is 23.1 Å². The van der Waals surface area contributed by atoms with Crippen molar-refractivity contribution in [3.8, 4) is 5.69 Å². The van der Waals surface area contributed by atoms with Crippen LogP contribution in [0.1, 0.15) is 48.2 Å². The number of benzene rings is 1. The Bertz CT molecular complexity index is 726. The maximum absolute atomic E-state index is 13.1. The van der Waals surface area contributed by atoms with E-state index in [2.05, 4.69) is 10.4 Å². The van der Waals surface area contributed by atoms with Crippen LogP contribution in [0.25, 0.3) is 5.69 Å². The number of hydrogen-bond acceptors (Lipinski definition) is 3. The molecule has 26 heavy (non-hydrogen) atoms. The number of hydrogen-bond donors (Lipinski definition) is 2. The van der Waals surface area contributed by atoms with Gasteiger partial charge in [0.1, 0.15) is 5.82 Å². The van der Waals surface area contributed by atoms with Crippen molar-refractivity contribution in [1.82, 2.24) is 15.1 Å². The van der Waals surface area contributed by atoms with E-state index in [-0.39, 0.29) is 30.2 Å². The normalized spacial score (nSPS) is 16.0. The minimum absolute atomic E-state index is 0. The van der Waals surface area contributed by atoms with Crippen LogP contribution in [0.5, 0.6) is 0 Å². The molecule has 0 bridgehead atoms. The van der Waals surface area contributed by atoms with Crippen molar-refractivity contribution in [2.45, 2.75) is 45.1 Å². The Kier molecular flexibility index (Phi) is 7.17. The molecule has 1 aliphatic rings. The fourth-order valence-electron chi connectivity index (χ4n) is 3.63. The lowest BCUT2D eigenvalue weighted by Gasteiger charge is -2.30. The SMILES string of the molecule is Cc1c(C(=O)NC(CN)C2CCCCC2)cnn1-c1ccc(F)cc1.Cl. The lowest BCUT2D eigenvalue weighted by Crippen LogP contribution is -2.46. The lowest BCUT2D eigenvalue weighted by molar-refractivity contribution is 0.0915. The first-order valence-corrected chi connectivity index (χ1v) is 8.91. The van der Waals surface area contributed by atoms with E-state index in [1.54, 1.807) is 23.0 Å². The highest BCUT2D eigenvalue weighted by atomic mass is 35.5. The molecule has 1 aromatic carbocycles. The molecule has 1 aromatic heterocycles. The zero-order valence-corrected chi connectivity index (χ0v) is 15.8. The third-order valence-electron chi connectivity index (χ3n) is 5.11. The Balaban J connectivity index is 0.00000243. The van der Waals surface area contributed by atoms with E-state index in [1.807, 2.05) is 6.92 Å². The summed E-state index contributed by atoms with van der Waals surface area (Å²) in [6, 6.07) is 6.04. The van der Waals surface area contributed by atoms with Gasteiger partial charge in [-0.3, -0.25) is 4.79 Å². The van der Waals surface area contributed by atoms with Crippen LogP contribution in [0.15, 0.2) is 30.5 Å². The Hall–Kier alpha value is -1.92. The van der Waals surface area contributed by atoms with Crippen molar-refractivity contribution in [3.05, 3.63) is 47.5 Å². The number of carbonyl (C=O) groups excluding carboxylic acids is 1. The third-order valence-corrected chi connectivity index (χ3v) is 5.11. The predicted molar refractivity (Wildman–Crippen MR) is 102 cm³/mol. The first-order chi connectivity index (χ1) is 12.1. The molecular weight excluding hydrogens is 355 g/mol. The largest absolute Gasteiger partial charge is 0.348 e. The summed E-state index contributed by atoms with van der Waals surface area (Å²) in [6.45, 7) is 2.28. The van der Waals surface area contributed by atoms with E-state index in [0.717, 1.165) is 24.2 Å². The second kappa shape index (κ2) is 9.14. The molecule has 1 unspecified atom stereocenters. The van der Waals surface area contributed by atoms with E-state index >= 15 is 0 Å². The smallest absolute Gasteiger partial charge is 0.255 e. The number of rotatable bonds is 5. The molecule has 7 heteroatoms. The number of nitrogens with two attached hydrogens (primary N) is 1. The highest BCUT2D eigenvalue weighted by Crippen LogP contribution is 2.26. The fraction of sp³-hybridized carbons (Fsp3) is 0.474. The molecule has 142 valence electrons. The molecule has 3 rings (SSSR count). The molecule has 5 nitrogen and oxygen atoms in total. The van der Waals surface area contributed by atoms with Crippen LogP contribution in [-0.2, 0) is 0 Å². The molecule has 1 heterocycles. The Labute approximate surface area is 159 Å². The molecule has 1 atom stereocenters. The van der Waals surface area contributed by atoms with Crippen molar-refractivity contribution in [2.24, 2.45) is 11.7 Å². The topological polar surface area (TPSA) is 72.9 Å². The minimum Gasteiger partial charge on any atom is -0.348 e. The van der Waals surface area contributed by atoms with Crippen molar-refractivity contribution >= 4 is 18.3 Å². The zero-order valence-electron chi connectivity index (χ0n) is 15.0. The van der Waals surface area contributed by atoms with Crippen LogP contribution in [0.2, 0.25) is 0 Å². The average molecular weight is 381 g/mol. The molecule has 2 aromatic rings. The van der Waals surface area contributed by atoms with Crippen molar-refractivity contribution in [2.75, 3.05) is 6.54 Å². The molecule has 3 N–H and O–H groups in total. The number of halogens is 2. The van der Waals surface area contributed by atoms with Crippen LogP contribution in [-0.4, -0.2) is 28.3 Å². The molecule has 1 amide bonds. The van der Waals surface area contributed by atoms with Gasteiger partial charge in [-0.2, -0.15) is 5.10 Å². The maximum Gasteiger partial charge on any atom is 0.255 e. The summed E-state index contributed by atoms with van der Waals surface area (Å²) in [5, 5.41) is 7.37. The standard InChI is InChI=1S/C19H25FN4O.ClH/c1-13-17(12-22-24(13)16-9-7-15(20)8-10-16)19(25)23-18(11-21)14-5-3-2-4-6-14;/h7-10,12,14,18H,2-6,11,21H2,1H3,(H,23,25);1H. The minimum atomic E-state index is -0.301. The monoisotopic (exact) mass is 380 g/mol. The van der Waals surface area contributed by atoms with Gasteiger partial charge in [0.25, 0.3) is 5.91 Å². The van der Waals surface area contributed by atoms with Crippen molar-refractivity contribution in [1.29, 1.82) is 0 Å². The van der Waals surface area contributed by atoms with E-state index in [4.69, 9.17) is 5.73 Å². The Morgan fingerprint density at radius 1 is 1.31 bits per heavy atom. The van der Waals surface area contributed by atoms with Crippen LogP contribution in [0, 0.1) is 18.7 Å². The van der Waals surface area contributed by atoms with E-state index in [1.165, 1.54) is 31.4 Å². The highest BCUT2D eigenvalue weighted by molar-refractivity contribution is 5.95. The van der Waals surface area contributed by atoms with Gasteiger partial charge in [0.15, 0.2) is 0 Å². The van der Waals surface area contributed by atoms with Gasteiger partial charge in [-0.15, -0.1) is 12.4 Å². The van der Waals surface area contributed by atoms with Gasteiger partial charge in [-0.05, 0) is 49.9 Å². The van der Waals surface area contributed by atoms with E-state index in [9.17, 15) is 9.18 Å². The van der Waals surface area contributed by atoms with Crippen molar-refractivity contribution < 1.29 is 9.18 Å². The van der Waals surface area contributed by atoms with Gasteiger partial charge < -0.3 is 11.1 Å². The Morgan fingerprint density at radius 2 is 1.96 bits per heavy atom. The molecule has 1 aliphatic carbocycles.